The Morgan fingerprint density at radius 3 is 2.50 bits per heavy atom. The fraction of sp³-hybridized carbons (Fsp3) is 0.143. The number of pyridine rings is 1. The van der Waals surface area contributed by atoms with E-state index in [2.05, 4.69) is 4.98 Å². The van der Waals surface area contributed by atoms with Gasteiger partial charge in [-0.15, -0.1) is 0 Å². The van der Waals surface area contributed by atoms with E-state index in [0.29, 0.717) is 11.6 Å². The number of hydrogen-bond acceptors (Lipinski definition) is 5. The molecule has 2 aromatic rings. The molecule has 140 valence electrons. The number of hydrazine groups is 1. The number of nitrogens with zero attached hydrogens (tertiary/aromatic N) is 1. The normalized spacial score (nSPS) is 11.9. The summed E-state index contributed by atoms with van der Waals surface area (Å²) in [5.74, 6) is 4.13. The van der Waals surface area contributed by atoms with Gasteiger partial charge in [0.25, 0.3) is 15.9 Å². The van der Waals surface area contributed by atoms with Crippen LogP contribution in [0.1, 0.15) is 21.6 Å². The monoisotopic (exact) mass is 408 g/mol. The Labute approximate surface area is 151 Å². The van der Waals surface area contributed by atoms with Crippen LogP contribution in [0.15, 0.2) is 35.4 Å². The average molecular weight is 409 g/mol. The lowest BCUT2D eigenvalue weighted by molar-refractivity contribution is -0.137. The van der Waals surface area contributed by atoms with Crippen LogP contribution in [-0.2, 0) is 16.2 Å². The van der Waals surface area contributed by atoms with E-state index in [1.54, 1.807) is 12.3 Å². The molecule has 1 aromatic heterocycles. The first-order valence-corrected chi connectivity index (χ1v) is 8.69. The minimum absolute atomic E-state index is 0.239. The number of nitrogen functional groups attached to an aromatic ring is 1. The molecule has 0 saturated heterocycles. The van der Waals surface area contributed by atoms with Gasteiger partial charge in [-0.2, -0.15) is 13.2 Å². The maximum atomic E-state index is 12.9. The number of sulfonamides is 1. The number of carbonyl (C=O) groups excluding carboxylic acids is 1. The van der Waals surface area contributed by atoms with Gasteiger partial charge in [0.2, 0.25) is 0 Å². The third kappa shape index (κ3) is 4.23. The molecule has 0 unspecified atom stereocenters. The molecule has 1 amide bonds. The third-order valence-corrected chi connectivity index (χ3v) is 4.86. The summed E-state index contributed by atoms with van der Waals surface area (Å²) in [6, 6.07) is 3.42. The van der Waals surface area contributed by atoms with Crippen molar-refractivity contribution >= 4 is 33.2 Å². The van der Waals surface area contributed by atoms with Crippen molar-refractivity contribution in [2.75, 3.05) is 4.72 Å². The number of nitrogens with two attached hydrogens (primary N) is 1. The zero-order valence-electron chi connectivity index (χ0n) is 13.1. The van der Waals surface area contributed by atoms with E-state index < -0.39 is 37.6 Å². The van der Waals surface area contributed by atoms with Gasteiger partial charge in [-0.1, -0.05) is 11.6 Å². The van der Waals surface area contributed by atoms with Crippen LogP contribution in [0.3, 0.4) is 0 Å². The van der Waals surface area contributed by atoms with E-state index in [4.69, 9.17) is 17.4 Å². The molecular weight excluding hydrogens is 397 g/mol. The van der Waals surface area contributed by atoms with E-state index in [0.717, 1.165) is 12.1 Å². The summed E-state index contributed by atoms with van der Waals surface area (Å²) < 4.78 is 65.8. The number of rotatable bonds is 4. The van der Waals surface area contributed by atoms with Gasteiger partial charge in [-0.3, -0.25) is 14.9 Å². The van der Waals surface area contributed by atoms with Gasteiger partial charge in [-0.05, 0) is 36.8 Å². The highest BCUT2D eigenvalue weighted by molar-refractivity contribution is 7.92. The quantitative estimate of drug-likeness (QED) is 0.408. The summed E-state index contributed by atoms with van der Waals surface area (Å²) in [4.78, 5) is 14.8. The zero-order chi connectivity index (χ0) is 19.7. The SMILES string of the molecule is Cc1cnc(C(=O)NN)c(NS(=O)(=O)c2ccc(Cl)c(C(F)(F)F)c2)c1. The number of carbonyl (C=O) groups is 1. The lowest BCUT2D eigenvalue weighted by Crippen LogP contribution is -2.32. The first-order valence-electron chi connectivity index (χ1n) is 6.83. The molecule has 7 nitrogen and oxygen atoms in total. The van der Waals surface area contributed by atoms with Gasteiger partial charge in [0.1, 0.15) is 0 Å². The van der Waals surface area contributed by atoms with Crippen molar-refractivity contribution < 1.29 is 26.4 Å². The zero-order valence-corrected chi connectivity index (χ0v) is 14.6. The summed E-state index contributed by atoms with van der Waals surface area (Å²) in [5, 5.41) is -0.642. The van der Waals surface area contributed by atoms with Crippen molar-refractivity contribution in [1.82, 2.24) is 10.4 Å². The molecule has 1 heterocycles. The Balaban J connectivity index is 2.51. The highest BCUT2D eigenvalue weighted by atomic mass is 35.5. The molecule has 2 rings (SSSR count). The predicted octanol–water partition coefficient (Wildman–Crippen LogP) is 2.47. The van der Waals surface area contributed by atoms with Gasteiger partial charge in [0.15, 0.2) is 5.69 Å². The highest BCUT2D eigenvalue weighted by Gasteiger charge is 2.34. The summed E-state index contributed by atoms with van der Waals surface area (Å²) in [7, 11) is -4.46. The molecule has 0 bridgehead atoms. The smallest absolute Gasteiger partial charge is 0.289 e. The van der Waals surface area contributed by atoms with E-state index in [-0.39, 0.29) is 11.4 Å². The second kappa shape index (κ2) is 7.09. The maximum Gasteiger partial charge on any atom is 0.417 e. The topological polar surface area (TPSA) is 114 Å². The number of alkyl halides is 3. The fourth-order valence-electron chi connectivity index (χ4n) is 1.99. The van der Waals surface area contributed by atoms with Crippen molar-refractivity contribution in [3.05, 3.63) is 52.3 Å². The maximum absolute atomic E-state index is 12.9. The van der Waals surface area contributed by atoms with Crippen molar-refractivity contribution in [3.63, 3.8) is 0 Å². The highest BCUT2D eigenvalue weighted by Crippen LogP contribution is 2.36. The average Bonchev–Trinajstić information content (AvgIpc) is 2.53. The Kier molecular flexibility index (Phi) is 5.44. The number of benzene rings is 1. The lowest BCUT2D eigenvalue weighted by Gasteiger charge is -2.14. The van der Waals surface area contributed by atoms with Crippen molar-refractivity contribution in [2.45, 2.75) is 18.0 Å². The summed E-state index contributed by atoms with van der Waals surface area (Å²) in [6.07, 6.45) is -3.54. The number of aryl methyl sites for hydroxylation is 1. The first kappa shape index (κ1) is 19.9. The van der Waals surface area contributed by atoms with Crippen molar-refractivity contribution in [3.8, 4) is 0 Å². The van der Waals surface area contributed by atoms with E-state index in [1.807, 2.05) is 4.72 Å². The summed E-state index contributed by atoms with van der Waals surface area (Å²) in [5.41, 5.74) is 0.422. The van der Waals surface area contributed by atoms with Gasteiger partial charge in [0, 0.05) is 6.20 Å². The Morgan fingerprint density at radius 2 is 1.92 bits per heavy atom. The Bertz CT molecular complexity index is 964. The standard InChI is InChI=1S/C14H12ClF3N4O3S/c1-7-4-11(12(20-6-7)13(23)21-19)22-26(24,25)8-2-3-10(15)9(5-8)14(16,17)18/h2-6,22H,19H2,1H3,(H,21,23). The van der Waals surface area contributed by atoms with Crippen LogP contribution in [0.4, 0.5) is 18.9 Å². The summed E-state index contributed by atoms with van der Waals surface area (Å²) in [6.45, 7) is 1.58. The number of nitrogens with one attached hydrogen (secondary N) is 2. The second-order valence-electron chi connectivity index (χ2n) is 5.13. The minimum atomic E-state index is -4.84. The first-order chi connectivity index (χ1) is 12.0. The van der Waals surface area contributed by atoms with Gasteiger partial charge < -0.3 is 0 Å². The Hall–Kier alpha value is -2.37. The molecule has 0 fully saturated rings. The second-order valence-corrected chi connectivity index (χ2v) is 7.22. The number of anilines is 1. The molecule has 26 heavy (non-hydrogen) atoms. The summed E-state index contributed by atoms with van der Waals surface area (Å²) >= 11 is 5.49. The number of hydrogen-bond donors (Lipinski definition) is 3. The fourth-order valence-corrected chi connectivity index (χ4v) is 3.30. The largest absolute Gasteiger partial charge is 0.417 e. The molecule has 0 saturated carbocycles. The molecule has 0 spiro atoms. The Morgan fingerprint density at radius 1 is 1.27 bits per heavy atom. The minimum Gasteiger partial charge on any atom is -0.289 e. The van der Waals surface area contributed by atoms with Gasteiger partial charge in [-0.25, -0.2) is 19.2 Å². The molecule has 0 aliphatic rings. The number of aromatic nitrogens is 1. The van der Waals surface area contributed by atoms with Crippen LogP contribution in [0.5, 0.6) is 0 Å². The molecule has 1 aromatic carbocycles. The van der Waals surface area contributed by atoms with Crippen LogP contribution < -0.4 is 16.0 Å². The molecule has 0 atom stereocenters. The predicted molar refractivity (Wildman–Crippen MR) is 87.9 cm³/mol. The molecule has 12 heteroatoms. The molecule has 4 N–H and O–H groups in total. The van der Waals surface area contributed by atoms with E-state index in [9.17, 15) is 26.4 Å². The van der Waals surface area contributed by atoms with Crippen LogP contribution in [0, 0.1) is 6.92 Å². The molecule has 0 radical (unpaired) electrons. The lowest BCUT2D eigenvalue weighted by atomic mass is 10.2. The molecule has 0 aliphatic carbocycles. The van der Waals surface area contributed by atoms with Crippen molar-refractivity contribution in [2.24, 2.45) is 5.84 Å². The van der Waals surface area contributed by atoms with Crippen LogP contribution in [-0.4, -0.2) is 19.3 Å². The third-order valence-electron chi connectivity index (χ3n) is 3.17. The van der Waals surface area contributed by atoms with Gasteiger partial charge >= 0.3 is 6.18 Å². The van der Waals surface area contributed by atoms with E-state index >= 15 is 0 Å². The van der Waals surface area contributed by atoms with Crippen LogP contribution in [0.2, 0.25) is 5.02 Å². The van der Waals surface area contributed by atoms with Crippen LogP contribution in [0.25, 0.3) is 0 Å². The van der Waals surface area contributed by atoms with E-state index in [1.165, 1.54) is 12.3 Å². The van der Waals surface area contributed by atoms with Gasteiger partial charge in [0.05, 0.1) is 21.2 Å². The molecule has 0 aliphatic heterocycles. The number of halogens is 4. The molecular formula is C14H12ClF3N4O3S. The van der Waals surface area contributed by atoms with Crippen LogP contribution >= 0.6 is 11.6 Å². The van der Waals surface area contributed by atoms with Crippen molar-refractivity contribution in [1.29, 1.82) is 0 Å². The number of amides is 1.